The molecule has 0 fully saturated rings. The average Bonchev–Trinajstić information content (AvgIpc) is 3.36. The molecule has 2 N–H and O–H groups in total. The Kier molecular flexibility index (Phi) is 5.67. The molecule has 3 heterocycles. The van der Waals surface area contributed by atoms with Crippen molar-refractivity contribution in [2.45, 2.75) is 6.18 Å². The van der Waals surface area contributed by atoms with Crippen molar-refractivity contribution in [3.63, 3.8) is 0 Å². The van der Waals surface area contributed by atoms with Gasteiger partial charge in [-0.2, -0.15) is 13.2 Å². The Balaban J connectivity index is 1.52. The molecule has 0 bridgehead atoms. The van der Waals surface area contributed by atoms with Gasteiger partial charge in [0.05, 0.1) is 30.1 Å². The number of amides is 2. The van der Waals surface area contributed by atoms with E-state index in [9.17, 15) is 18.0 Å². The normalized spacial score (nSPS) is 11.9. The van der Waals surface area contributed by atoms with E-state index in [2.05, 4.69) is 15.3 Å². The van der Waals surface area contributed by atoms with Gasteiger partial charge in [0.25, 0.3) is 0 Å². The fourth-order valence-corrected chi connectivity index (χ4v) is 3.14. The molecule has 3 aromatic heterocycles. The maximum Gasteiger partial charge on any atom is 0.405 e. The van der Waals surface area contributed by atoms with E-state index in [1.54, 1.807) is 42.2 Å². The van der Waals surface area contributed by atoms with E-state index < -0.39 is 18.8 Å². The van der Waals surface area contributed by atoms with Crippen LogP contribution >= 0.6 is 0 Å². The molecule has 0 radical (unpaired) electrons. The highest BCUT2D eigenvalue weighted by Crippen LogP contribution is 2.24. The summed E-state index contributed by atoms with van der Waals surface area (Å²) in [6, 6.07) is 9.76. The second kappa shape index (κ2) is 8.58. The van der Waals surface area contributed by atoms with Crippen LogP contribution < -0.4 is 10.6 Å². The number of anilines is 1. The van der Waals surface area contributed by atoms with Crippen molar-refractivity contribution in [2.75, 3.05) is 11.9 Å². The molecule has 0 aliphatic rings. The molecule has 7 nitrogen and oxygen atoms in total. The molecule has 0 unspecified atom stereocenters. The number of urea groups is 1. The first-order chi connectivity index (χ1) is 15.3. The second-order valence-corrected chi connectivity index (χ2v) is 7.10. The molecule has 4 rings (SSSR count). The number of alkyl halides is 3. The predicted octanol–water partition coefficient (Wildman–Crippen LogP) is 4.59. The summed E-state index contributed by atoms with van der Waals surface area (Å²) >= 11 is 0. The molecular formula is C22H19F3N6O. The van der Waals surface area contributed by atoms with Crippen molar-refractivity contribution in [2.24, 2.45) is 7.05 Å². The first kappa shape index (κ1) is 21.2. The molecule has 0 saturated heterocycles. The van der Waals surface area contributed by atoms with E-state index in [4.69, 9.17) is 0 Å². The lowest BCUT2D eigenvalue weighted by molar-refractivity contribution is -0.122. The summed E-state index contributed by atoms with van der Waals surface area (Å²) in [5, 5.41) is 4.19. The van der Waals surface area contributed by atoms with E-state index >= 15 is 0 Å². The van der Waals surface area contributed by atoms with Gasteiger partial charge in [0.2, 0.25) is 0 Å². The number of hydrogen-bond donors (Lipinski definition) is 2. The van der Waals surface area contributed by atoms with E-state index in [1.807, 2.05) is 52.6 Å². The molecule has 4 aromatic rings. The lowest BCUT2D eigenvalue weighted by atomic mass is 10.1. The highest BCUT2D eigenvalue weighted by Gasteiger charge is 2.27. The fourth-order valence-electron chi connectivity index (χ4n) is 3.14. The van der Waals surface area contributed by atoms with Crippen LogP contribution in [0, 0.1) is 0 Å². The number of halogens is 3. The Labute approximate surface area is 181 Å². The first-order valence-corrected chi connectivity index (χ1v) is 9.62. The van der Waals surface area contributed by atoms with Gasteiger partial charge in [-0.25, -0.2) is 14.8 Å². The molecule has 10 heteroatoms. The van der Waals surface area contributed by atoms with Crippen LogP contribution in [0.3, 0.4) is 0 Å². The minimum absolute atomic E-state index is 0.368. The number of rotatable bonds is 5. The number of imidazole rings is 2. The van der Waals surface area contributed by atoms with E-state index in [0.29, 0.717) is 5.69 Å². The van der Waals surface area contributed by atoms with Crippen molar-refractivity contribution in [3.05, 3.63) is 72.6 Å². The van der Waals surface area contributed by atoms with Crippen LogP contribution in [0.5, 0.6) is 0 Å². The zero-order chi connectivity index (χ0) is 22.7. The van der Waals surface area contributed by atoms with Crippen LogP contribution in [0.25, 0.3) is 29.1 Å². The lowest BCUT2D eigenvalue weighted by Crippen LogP contribution is -2.36. The van der Waals surface area contributed by atoms with Gasteiger partial charge in [-0.3, -0.25) is 4.40 Å². The molecule has 2 amide bonds. The maximum absolute atomic E-state index is 12.3. The van der Waals surface area contributed by atoms with Crippen molar-refractivity contribution in [1.29, 1.82) is 0 Å². The summed E-state index contributed by atoms with van der Waals surface area (Å²) in [4.78, 5) is 20.3. The number of carbonyl (C=O) groups excluding carboxylic acids is 1. The van der Waals surface area contributed by atoms with Gasteiger partial charge in [-0.1, -0.05) is 18.2 Å². The number of aromatic nitrogens is 4. The molecule has 32 heavy (non-hydrogen) atoms. The van der Waals surface area contributed by atoms with Gasteiger partial charge in [-0.05, 0) is 35.9 Å². The monoisotopic (exact) mass is 440 g/mol. The van der Waals surface area contributed by atoms with Gasteiger partial charge >= 0.3 is 12.2 Å². The number of nitrogens with one attached hydrogen (secondary N) is 2. The Bertz CT molecular complexity index is 1290. The summed E-state index contributed by atoms with van der Waals surface area (Å²) in [5.74, 6) is 0. The van der Waals surface area contributed by atoms with Gasteiger partial charge < -0.3 is 15.2 Å². The zero-order valence-corrected chi connectivity index (χ0v) is 17.0. The van der Waals surface area contributed by atoms with Crippen molar-refractivity contribution >= 4 is 29.5 Å². The molecule has 0 spiro atoms. The topological polar surface area (TPSA) is 76.2 Å². The largest absolute Gasteiger partial charge is 0.405 e. The molecule has 0 atom stereocenters. The first-order valence-electron chi connectivity index (χ1n) is 9.62. The smallest absolute Gasteiger partial charge is 0.334 e. The third-order valence-corrected chi connectivity index (χ3v) is 4.70. The number of aryl methyl sites for hydroxylation is 1. The Morgan fingerprint density at radius 1 is 1.16 bits per heavy atom. The number of fused-ring (bicyclic) bond motifs is 1. The van der Waals surface area contributed by atoms with Crippen molar-refractivity contribution < 1.29 is 18.0 Å². The molecular weight excluding hydrogens is 421 g/mol. The van der Waals surface area contributed by atoms with Crippen LogP contribution in [-0.4, -0.2) is 37.7 Å². The van der Waals surface area contributed by atoms with Gasteiger partial charge in [-0.15, -0.1) is 0 Å². The molecule has 0 aliphatic carbocycles. The molecule has 164 valence electrons. The van der Waals surface area contributed by atoms with Gasteiger partial charge in [0.15, 0.2) is 0 Å². The summed E-state index contributed by atoms with van der Waals surface area (Å²) in [6.07, 6.45) is 6.54. The number of hydrogen-bond acceptors (Lipinski definition) is 3. The second-order valence-electron chi connectivity index (χ2n) is 7.10. The highest BCUT2D eigenvalue weighted by atomic mass is 19.4. The van der Waals surface area contributed by atoms with Gasteiger partial charge in [0.1, 0.15) is 12.2 Å². The summed E-state index contributed by atoms with van der Waals surface area (Å²) in [7, 11) is 1.92. The number of carbonyl (C=O) groups is 1. The maximum atomic E-state index is 12.3. The SMILES string of the molecule is Cn1cncc1C=Cc1ccn2c(-c3cccc(NC(=O)NCC(F)(F)F)c3)cnc2c1. The van der Waals surface area contributed by atoms with Crippen LogP contribution in [-0.2, 0) is 7.05 Å². The van der Waals surface area contributed by atoms with Crippen LogP contribution in [0.4, 0.5) is 23.7 Å². The quantitative estimate of drug-likeness (QED) is 0.477. The van der Waals surface area contributed by atoms with Crippen LogP contribution in [0.1, 0.15) is 11.3 Å². The summed E-state index contributed by atoms with van der Waals surface area (Å²) in [6.45, 7) is -1.40. The van der Waals surface area contributed by atoms with Crippen LogP contribution in [0.15, 0.2) is 61.3 Å². The molecule has 0 saturated carbocycles. The third kappa shape index (κ3) is 4.97. The molecule has 0 aliphatic heterocycles. The molecule has 1 aromatic carbocycles. The van der Waals surface area contributed by atoms with Crippen molar-refractivity contribution in [1.82, 2.24) is 24.3 Å². The van der Waals surface area contributed by atoms with E-state index in [-0.39, 0.29) is 0 Å². The lowest BCUT2D eigenvalue weighted by Gasteiger charge is -2.10. The minimum Gasteiger partial charge on any atom is -0.334 e. The van der Waals surface area contributed by atoms with Crippen LogP contribution in [0.2, 0.25) is 0 Å². The third-order valence-electron chi connectivity index (χ3n) is 4.70. The highest BCUT2D eigenvalue weighted by molar-refractivity contribution is 5.90. The average molecular weight is 440 g/mol. The Morgan fingerprint density at radius 3 is 2.75 bits per heavy atom. The Hall–Kier alpha value is -4.08. The fraction of sp³-hybridized carbons (Fsp3) is 0.136. The minimum atomic E-state index is -4.47. The standard InChI is InChI=1S/C22H19F3N6O/c1-30-14-26-11-18(30)6-5-15-7-8-31-19(12-27-20(31)9-15)16-3-2-4-17(10-16)29-21(32)28-13-22(23,24)25/h2-12,14H,13H2,1H3,(H2,28,29,32). The van der Waals surface area contributed by atoms with E-state index in [0.717, 1.165) is 28.2 Å². The number of benzene rings is 1. The van der Waals surface area contributed by atoms with Crippen molar-refractivity contribution in [3.8, 4) is 11.3 Å². The van der Waals surface area contributed by atoms with E-state index in [1.165, 1.54) is 0 Å². The summed E-state index contributed by atoms with van der Waals surface area (Å²) < 4.78 is 40.6. The predicted molar refractivity (Wildman–Crippen MR) is 116 cm³/mol. The Morgan fingerprint density at radius 2 is 2.00 bits per heavy atom. The summed E-state index contributed by atoms with van der Waals surface area (Å²) in [5.41, 5.74) is 4.57. The number of nitrogens with zero attached hydrogens (tertiary/aromatic N) is 4. The zero-order valence-electron chi connectivity index (χ0n) is 17.0. The number of pyridine rings is 1. The van der Waals surface area contributed by atoms with Gasteiger partial charge in [0, 0.05) is 24.5 Å².